The number of aryl methyl sites for hydroxylation is 1. The molecule has 3 aromatic rings. The Kier molecular flexibility index (Phi) is 5.67. The Bertz CT molecular complexity index is 1160. The molecule has 0 bridgehead atoms. The van der Waals surface area contributed by atoms with Crippen LogP contribution in [0.25, 0.3) is 0 Å². The van der Waals surface area contributed by atoms with Gasteiger partial charge in [0, 0.05) is 31.6 Å². The smallest absolute Gasteiger partial charge is 0.291 e. The number of hydrogen-bond acceptors (Lipinski definition) is 8. The highest BCUT2D eigenvalue weighted by Gasteiger charge is 2.26. The van der Waals surface area contributed by atoms with Gasteiger partial charge in [-0.15, -0.1) is 0 Å². The topological polar surface area (TPSA) is 119 Å². The minimum atomic E-state index is -0.373. The number of anilines is 1. The molecule has 1 aromatic carbocycles. The van der Waals surface area contributed by atoms with Crippen molar-refractivity contribution in [2.75, 3.05) is 19.4 Å². The van der Waals surface area contributed by atoms with Crippen molar-refractivity contribution in [3.63, 3.8) is 0 Å². The van der Waals surface area contributed by atoms with Crippen LogP contribution in [-0.2, 0) is 6.42 Å². The van der Waals surface area contributed by atoms with E-state index in [9.17, 15) is 9.59 Å². The minimum absolute atomic E-state index is 0.0510. The van der Waals surface area contributed by atoms with E-state index in [0.29, 0.717) is 35.1 Å². The molecular formula is C22H22N6O4. The first-order valence-corrected chi connectivity index (χ1v) is 9.95. The number of nitrogens with zero attached hydrogens (tertiary/aromatic N) is 5. The molecule has 1 N–H and O–H groups in total. The first-order valence-electron chi connectivity index (χ1n) is 9.95. The molecule has 32 heavy (non-hydrogen) atoms. The molecule has 0 fully saturated rings. The molecule has 2 amide bonds. The van der Waals surface area contributed by atoms with Gasteiger partial charge < -0.3 is 19.7 Å². The lowest BCUT2D eigenvalue weighted by atomic mass is 10.1. The fourth-order valence-corrected chi connectivity index (χ4v) is 3.15. The first-order chi connectivity index (χ1) is 15.3. The van der Waals surface area contributed by atoms with Crippen molar-refractivity contribution >= 4 is 17.6 Å². The van der Waals surface area contributed by atoms with E-state index in [1.165, 1.54) is 23.5 Å². The van der Waals surface area contributed by atoms with Gasteiger partial charge in [0.05, 0.1) is 30.5 Å². The molecular weight excluding hydrogens is 412 g/mol. The Labute approximate surface area is 184 Å². The highest BCUT2D eigenvalue weighted by Crippen LogP contribution is 2.39. The predicted octanol–water partition coefficient (Wildman–Crippen LogP) is 2.64. The molecule has 164 valence electrons. The van der Waals surface area contributed by atoms with Gasteiger partial charge in [-0.1, -0.05) is 0 Å². The van der Waals surface area contributed by atoms with E-state index in [0.717, 1.165) is 11.3 Å². The molecule has 4 rings (SSSR count). The van der Waals surface area contributed by atoms with Crippen LogP contribution in [0.4, 0.5) is 5.82 Å². The van der Waals surface area contributed by atoms with Crippen LogP contribution in [0.3, 0.4) is 0 Å². The van der Waals surface area contributed by atoms with Crippen molar-refractivity contribution in [3.8, 4) is 17.2 Å². The highest BCUT2D eigenvalue weighted by molar-refractivity contribution is 6.04. The van der Waals surface area contributed by atoms with Crippen molar-refractivity contribution in [2.45, 2.75) is 26.4 Å². The highest BCUT2D eigenvalue weighted by atomic mass is 16.5. The van der Waals surface area contributed by atoms with Crippen LogP contribution in [0.5, 0.6) is 17.2 Å². The normalized spacial score (nSPS) is 14.3. The number of fused-ring (bicyclic) bond motifs is 1. The number of amides is 2. The molecule has 0 spiro atoms. The Morgan fingerprint density at radius 3 is 2.50 bits per heavy atom. The Hall–Kier alpha value is -4.08. The van der Waals surface area contributed by atoms with Gasteiger partial charge in [0.2, 0.25) is 5.82 Å². The molecule has 1 unspecified atom stereocenters. The number of carbonyl (C=O) groups is 2. The molecule has 2 aromatic heterocycles. The van der Waals surface area contributed by atoms with Crippen LogP contribution in [0.15, 0.2) is 36.9 Å². The lowest BCUT2D eigenvalue weighted by Gasteiger charge is -2.13. The van der Waals surface area contributed by atoms with Crippen molar-refractivity contribution in [3.05, 3.63) is 59.6 Å². The van der Waals surface area contributed by atoms with Gasteiger partial charge in [0.15, 0.2) is 11.6 Å². The fraction of sp³-hybridized carbons (Fsp3) is 0.273. The van der Waals surface area contributed by atoms with Gasteiger partial charge in [0.25, 0.3) is 11.8 Å². The summed E-state index contributed by atoms with van der Waals surface area (Å²) < 4.78 is 11.8. The second-order valence-electron chi connectivity index (χ2n) is 7.62. The third-order valence-corrected chi connectivity index (χ3v) is 4.73. The Morgan fingerprint density at radius 1 is 1.09 bits per heavy atom. The van der Waals surface area contributed by atoms with E-state index in [4.69, 9.17) is 9.47 Å². The summed E-state index contributed by atoms with van der Waals surface area (Å²) >= 11 is 0. The molecule has 1 aliphatic heterocycles. The maximum absolute atomic E-state index is 12.8. The maximum atomic E-state index is 12.8. The summed E-state index contributed by atoms with van der Waals surface area (Å²) in [6, 6.07) is 3.31. The van der Waals surface area contributed by atoms with E-state index in [1.54, 1.807) is 32.4 Å². The van der Waals surface area contributed by atoms with E-state index in [2.05, 4.69) is 25.3 Å². The SMILES string of the molecule is Cc1cnc(NC(=O)c2cc(Oc3cnc(C(=O)N(C)C)nc3)c3c(c2)OC(C)C3)cn1. The van der Waals surface area contributed by atoms with Crippen molar-refractivity contribution in [2.24, 2.45) is 0 Å². The van der Waals surface area contributed by atoms with Gasteiger partial charge in [-0.2, -0.15) is 0 Å². The second-order valence-corrected chi connectivity index (χ2v) is 7.62. The molecule has 1 aliphatic rings. The van der Waals surface area contributed by atoms with Gasteiger partial charge in [-0.3, -0.25) is 14.6 Å². The second kappa shape index (κ2) is 8.58. The molecule has 0 saturated carbocycles. The molecule has 10 nitrogen and oxygen atoms in total. The minimum Gasteiger partial charge on any atom is -0.490 e. The van der Waals surface area contributed by atoms with Crippen LogP contribution >= 0.6 is 0 Å². The Morgan fingerprint density at radius 2 is 1.84 bits per heavy atom. The van der Waals surface area contributed by atoms with E-state index < -0.39 is 0 Å². The molecule has 10 heteroatoms. The summed E-state index contributed by atoms with van der Waals surface area (Å²) in [5.41, 5.74) is 1.94. The van der Waals surface area contributed by atoms with Crippen LogP contribution in [0.1, 0.15) is 39.2 Å². The Balaban J connectivity index is 1.60. The van der Waals surface area contributed by atoms with Crippen LogP contribution in [0.2, 0.25) is 0 Å². The van der Waals surface area contributed by atoms with Crippen LogP contribution in [0, 0.1) is 6.92 Å². The molecule has 3 heterocycles. The quantitative estimate of drug-likeness (QED) is 0.651. The summed E-state index contributed by atoms with van der Waals surface area (Å²) in [6.45, 7) is 3.75. The largest absolute Gasteiger partial charge is 0.490 e. The van der Waals surface area contributed by atoms with Crippen molar-refractivity contribution in [1.82, 2.24) is 24.8 Å². The fourth-order valence-electron chi connectivity index (χ4n) is 3.15. The van der Waals surface area contributed by atoms with Crippen LogP contribution in [-0.4, -0.2) is 56.8 Å². The predicted molar refractivity (Wildman–Crippen MR) is 115 cm³/mol. The van der Waals surface area contributed by atoms with E-state index in [-0.39, 0.29) is 23.7 Å². The van der Waals surface area contributed by atoms with E-state index >= 15 is 0 Å². The standard InChI is InChI=1S/C22H22N6O4/c1-12-8-24-19(11-23-12)27-21(29)14-6-17-16(5-13(2)31-17)18(7-14)32-15-9-25-20(26-10-15)22(30)28(3)4/h6-11,13H,5H2,1-4H3,(H,24,27,29). The zero-order valence-electron chi connectivity index (χ0n) is 18.1. The molecule has 1 atom stereocenters. The van der Waals surface area contributed by atoms with Gasteiger partial charge in [-0.25, -0.2) is 15.0 Å². The first kappa shape index (κ1) is 21.2. The molecule has 0 radical (unpaired) electrons. The average Bonchev–Trinajstić information content (AvgIpc) is 3.15. The number of nitrogens with one attached hydrogen (secondary N) is 1. The average molecular weight is 434 g/mol. The number of carbonyl (C=O) groups excluding carboxylic acids is 2. The number of hydrogen-bond donors (Lipinski definition) is 1. The zero-order chi connectivity index (χ0) is 22.8. The third kappa shape index (κ3) is 4.48. The monoisotopic (exact) mass is 434 g/mol. The van der Waals surface area contributed by atoms with E-state index in [1.807, 2.05) is 13.8 Å². The number of rotatable bonds is 5. The van der Waals surface area contributed by atoms with Crippen molar-refractivity contribution in [1.29, 1.82) is 0 Å². The number of benzene rings is 1. The van der Waals surface area contributed by atoms with Gasteiger partial charge >= 0.3 is 0 Å². The molecule has 0 aliphatic carbocycles. The number of ether oxygens (including phenoxy) is 2. The van der Waals surface area contributed by atoms with Crippen LogP contribution < -0.4 is 14.8 Å². The summed E-state index contributed by atoms with van der Waals surface area (Å²) in [5.74, 6) is 1.10. The maximum Gasteiger partial charge on any atom is 0.291 e. The zero-order valence-corrected chi connectivity index (χ0v) is 18.1. The van der Waals surface area contributed by atoms with Gasteiger partial charge in [-0.05, 0) is 26.0 Å². The number of aromatic nitrogens is 4. The summed E-state index contributed by atoms with van der Waals surface area (Å²) in [7, 11) is 3.25. The summed E-state index contributed by atoms with van der Waals surface area (Å²) in [6.07, 6.45) is 6.49. The summed E-state index contributed by atoms with van der Waals surface area (Å²) in [5, 5.41) is 2.72. The third-order valence-electron chi connectivity index (χ3n) is 4.73. The lowest BCUT2D eigenvalue weighted by molar-refractivity contribution is 0.0815. The lowest BCUT2D eigenvalue weighted by Crippen LogP contribution is -2.23. The van der Waals surface area contributed by atoms with Gasteiger partial charge in [0.1, 0.15) is 17.6 Å². The molecule has 0 saturated heterocycles. The van der Waals surface area contributed by atoms with Crippen molar-refractivity contribution < 1.29 is 19.1 Å². The summed E-state index contributed by atoms with van der Waals surface area (Å²) in [4.78, 5) is 42.6.